The average molecular weight is 342 g/mol. The molecule has 122 valence electrons. The van der Waals surface area contributed by atoms with E-state index < -0.39 is 0 Å². The Bertz CT molecular complexity index is 805. The number of amides is 1. The highest BCUT2D eigenvalue weighted by molar-refractivity contribution is 8.00. The van der Waals surface area contributed by atoms with Crippen LogP contribution >= 0.6 is 11.8 Å². The number of carbonyl (C=O) groups excluding carboxylic acids is 1. The quantitative estimate of drug-likeness (QED) is 0.676. The molecule has 0 aliphatic carbocycles. The number of nitrogens with one attached hydrogen (secondary N) is 2. The Hall–Kier alpha value is -2.67. The highest BCUT2D eigenvalue weighted by Gasteiger charge is 2.08. The Balaban J connectivity index is 1.50. The standard InChI is InChI=1S/C17H15FN4OS/c18-13-8-6-12(7-9-13)17-20-15(21-22-17)10-19-16(23)11-24-14-4-2-1-3-5-14/h1-9H,10-11H2,(H,19,23)(H,20,21,22). The van der Waals surface area contributed by atoms with Gasteiger partial charge in [-0.1, -0.05) is 18.2 Å². The molecule has 0 spiro atoms. The predicted octanol–water partition coefficient (Wildman–Crippen LogP) is 3.02. The van der Waals surface area contributed by atoms with Crippen LogP contribution in [-0.4, -0.2) is 26.8 Å². The zero-order valence-electron chi connectivity index (χ0n) is 12.7. The number of H-pyrrole nitrogens is 1. The van der Waals surface area contributed by atoms with Crippen molar-refractivity contribution >= 4 is 17.7 Å². The van der Waals surface area contributed by atoms with Crippen molar-refractivity contribution in [3.63, 3.8) is 0 Å². The fraction of sp³-hybridized carbons (Fsp3) is 0.118. The van der Waals surface area contributed by atoms with Gasteiger partial charge in [0.2, 0.25) is 5.91 Å². The number of hydrogen-bond donors (Lipinski definition) is 2. The highest BCUT2D eigenvalue weighted by Crippen LogP contribution is 2.17. The third-order valence-electron chi connectivity index (χ3n) is 3.20. The Morgan fingerprint density at radius 3 is 2.62 bits per heavy atom. The molecule has 2 aromatic carbocycles. The summed E-state index contributed by atoms with van der Waals surface area (Å²) in [7, 11) is 0. The minimum Gasteiger partial charge on any atom is -0.348 e. The van der Waals surface area contributed by atoms with E-state index >= 15 is 0 Å². The lowest BCUT2D eigenvalue weighted by Gasteiger charge is -2.03. The lowest BCUT2D eigenvalue weighted by atomic mass is 10.2. The predicted molar refractivity (Wildman–Crippen MR) is 90.8 cm³/mol. The fourth-order valence-corrected chi connectivity index (χ4v) is 2.75. The van der Waals surface area contributed by atoms with Crippen molar-refractivity contribution in [2.45, 2.75) is 11.4 Å². The molecule has 0 unspecified atom stereocenters. The van der Waals surface area contributed by atoms with Crippen LogP contribution in [0.15, 0.2) is 59.5 Å². The summed E-state index contributed by atoms with van der Waals surface area (Å²) in [6.45, 7) is 0.266. The van der Waals surface area contributed by atoms with Crippen LogP contribution in [0.5, 0.6) is 0 Å². The smallest absolute Gasteiger partial charge is 0.230 e. The Kier molecular flexibility index (Phi) is 5.22. The summed E-state index contributed by atoms with van der Waals surface area (Å²) in [5, 5.41) is 9.63. The molecule has 0 atom stereocenters. The van der Waals surface area contributed by atoms with Crippen molar-refractivity contribution in [2.24, 2.45) is 0 Å². The van der Waals surface area contributed by atoms with Gasteiger partial charge in [0, 0.05) is 10.5 Å². The topological polar surface area (TPSA) is 70.7 Å². The van der Waals surface area contributed by atoms with Gasteiger partial charge in [0.25, 0.3) is 0 Å². The molecule has 1 amide bonds. The van der Waals surface area contributed by atoms with E-state index in [2.05, 4.69) is 20.5 Å². The first-order valence-electron chi connectivity index (χ1n) is 7.32. The number of benzene rings is 2. The molecule has 0 saturated heterocycles. The van der Waals surface area contributed by atoms with Gasteiger partial charge < -0.3 is 5.32 Å². The molecule has 0 aliphatic heterocycles. The summed E-state index contributed by atoms with van der Waals surface area (Å²) in [6.07, 6.45) is 0. The van der Waals surface area contributed by atoms with Gasteiger partial charge in [-0.15, -0.1) is 11.8 Å². The minimum atomic E-state index is -0.308. The maximum atomic E-state index is 12.9. The first-order chi connectivity index (χ1) is 11.7. The zero-order chi connectivity index (χ0) is 16.8. The number of halogens is 1. The third-order valence-corrected chi connectivity index (χ3v) is 4.21. The number of aromatic amines is 1. The summed E-state index contributed by atoms with van der Waals surface area (Å²) < 4.78 is 12.9. The van der Waals surface area contributed by atoms with Crippen molar-refractivity contribution in [3.8, 4) is 11.4 Å². The SMILES string of the molecule is O=C(CSc1ccccc1)NCc1nc(-c2ccc(F)cc2)n[nH]1. The second-order valence-electron chi connectivity index (χ2n) is 4.99. The molecular weight excluding hydrogens is 327 g/mol. The second-order valence-corrected chi connectivity index (χ2v) is 6.04. The van der Waals surface area contributed by atoms with Crippen LogP contribution in [0.1, 0.15) is 5.82 Å². The van der Waals surface area contributed by atoms with Gasteiger partial charge in [0.15, 0.2) is 5.82 Å². The Labute approximate surface area is 142 Å². The van der Waals surface area contributed by atoms with Crippen LogP contribution in [0.2, 0.25) is 0 Å². The van der Waals surface area contributed by atoms with Gasteiger partial charge in [0.1, 0.15) is 11.6 Å². The molecule has 0 aliphatic rings. The van der Waals surface area contributed by atoms with Crippen LogP contribution in [-0.2, 0) is 11.3 Å². The van der Waals surface area contributed by atoms with Crippen LogP contribution < -0.4 is 5.32 Å². The average Bonchev–Trinajstić information content (AvgIpc) is 3.09. The monoisotopic (exact) mass is 342 g/mol. The molecule has 0 radical (unpaired) electrons. The first kappa shape index (κ1) is 16.2. The van der Waals surface area contributed by atoms with Crippen LogP contribution in [0.3, 0.4) is 0 Å². The lowest BCUT2D eigenvalue weighted by molar-refractivity contribution is -0.118. The highest BCUT2D eigenvalue weighted by atomic mass is 32.2. The van der Waals surface area contributed by atoms with Crippen LogP contribution in [0, 0.1) is 5.82 Å². The number of hydrogen-bond acceptors (Lipinski definition) is 4. The van der Waals surface area contributed by atoms with Crippen LogP contribution in [0.25, 0.3) is 11.4 Å². The van der Waals surface area contributed by atoms with Gasteiger partial charge in [0.05, 0.1) is 12.3 Å². The van der Waals surface area contributed by atoms with E-state index in [4.69, 9.17) is 0 Å². The van der Waals surface area contributed by atoms with E-state index in [0.29, 0.717) is 23.0 Å². The Morgan fingerprint density at radius 1 is 1.12 bits per heavy atom. The third kappa shape index (κ3) is 4.42. The second kappa shape index (κ2) is 7.74. The van der Waals surface area contributed by atoms with Crippen LogP contribution in [0.4, 0.5) is 4.39 Å². The summed E-state index contributed by atoms with van der Waals surface area (Å²) >= 11 is 1.47. The number of nitrogens with zero attached hydrogens (tertiary/aromatic N) is 2. The van der Waals surface area contributed by atoms with Gasteiger partial charge in [-0.2, -0.15) is 5.10 Å². The summed E-state index contributed by atoms with van der Waals surface area (Å²) in [5.74, 6) is 0.967. The molecule has 0 bridgehead atoms. The van der Waals surface area contributed by atoms with Gasteiger partial charge in [-0.25, -0.2) is 9.37 Å². The molecule has 2 N–H and O–H groups in total. The number of thioether (sulfide) groups is 1. The summed E-state index contributed by atoms with van der Waals surface area (Å²) in [6, 6.07) is 15.7. The number of rotatable bonds is 6. The molecule has 1 aromatic heterocycles. The van der Waals surface area contributed by atoms with Gasteiger partial charge in [-0.3, -0.25) is 9.89 Å². The molecular formula is C17H15FN4OS. The first-order valence-corrected chi connectivity index (χ1v) is 8.31. The van der Waals surface area contributed by atoms with E-state index in [1.54, 1.807) is 12.1 Å². The fourth-order valence-electron chi connectivity index (χ4n) is 2.00. The summed E-state index contributed by atoms with van der Waals surface area (Å²) in [5.41, 5.74) is 0.713. The van der Waals surface area contributed by atoms with Gasteiger partial charge in [-0.05, 0) is 36.4 Å². The van der Waals surface area contributed by atoms with E-state index in [1.165, 1.54) is 23.9 Å². The van der Waals surface area contributed by atoms with Crippen molar-refractivity contribution in [2.75, 3.05) is 5.75 Å². The minimum absolute atomic E-state index is 0.0800. The van der Waals surface area contributed by atoms with Crippen molar-refractivity contribution < 1.29 is 9.18 Å². The van der Waals surface area contributed by atoms with E-state index in [9.17, 15) is 9.18 Å². The van der Waals surface area contributed by atoms with Crippen molar-refractivity contribution in [1.29, 1.82) is 0 Å². The molecule has 3 aromatic rings. The maximum absolute atomic E-state index is 12.9. The Morgan fingerprint density at radius 2 is 1.88 bits per heavy atom. The van der Waals surface area contributed by atoms with Crippen molar-refractivity contribution in [3.05, 3.63) is 66.2 Å². The molecule has 1 heterocycles. The normalized spacial score (nSPS) is 10.5. The van der Waals surface area contributed by atoms with Gasteiger partial charge >= 0.3 is 0 Å². The molecule has 7 heteroatoms. The maximum Gasteiger partial charge on any atom is 0.230 e. The molecule has 0 fully saturated rings. The molecule has 0 saturated carbocycles. The molecule has 24 heavy (non-hydrogen) atoms. The number of carbonyl (C=O) groups is 1. The van der Waals surface area contributed by atoms with E-state index in [1.807, 2.05) is 30.3 Å². The molecule has 3 rings (SSSR count). The van der Waals surface area contributed by atoms with E-state index in [-0.39, 0.29) is 18.3 Å². The zero-order valence-corrected chi connectivity index (χ0v) is 13.5. The molecule has 5 nitrogen and oxygen atoms in total. The largest absolute Gasteiger partial charge is 0.348 e. The lowest BCUT2D eigenvalue weighted by Crippen LogP contribution is -2.25. The van der Waals surface area contributed by atoms with Crippen molar-refractivity contribution in [1.82, 2.24) is 20.5 Å². The number of aromatic nitrogens is 3. The summed E-state index contributed by atoms with van der Waals surface area (Å²) in [4.78, 5) is 17.2. The van der Waals surface area contributed by atoms with E-state index in [0.717, 1.165) is 4.90 Å².